The summed E-state index contributed by atoms with van der Waals surface area (Å²) in [7, 11) is 0. The standard InChI is InChI=1S/C21H20N4O6/c1-3-31-17(26)11-25-20(28)18(12(2)24-25)23-22-14-7-4-6-13(10-14)15-8-5-9-16(19(15)27)21(29)30/h4-10,24,27H,3,11H2,1-2H3,(H,29,30). The first-order chi connectivity index (χ1) is 14.8. The van der Waals surface area contributed by atoms with Crippen molar-refractivity contribution in [2.24, 2.45) is 10.2 Å². The number of carbonyl (C=O) groups excluding carboxylic acids is 1. The lowest BCUT2D eigenvalue weighted by atomic mass is 10.0. The van der Waals surface area contributed by atoms with Gasteiger partial charge in [0, 0.05) is 5.56 Å². The molecular formula is C21H20N4O6. The second-order valence-corrected chi connectivity index (χ2v) is 6.54. The zero-order chi connectivity index (χ0) is 22.5. The first kappa shape index (κ1) is 21.5. The van der Waals surface area contributed by atoms with Crippen molar-refractivity contribution in [2.75, 3.05) is 6.61 Å². The van der Waals surface area contributed by atoms with Gasteiger partial charge in [0.25, 0.3) is 5.56 Å². The van der Waals surface area contributed by atoms with Gasteiger partial charge in [0.2, 0.25) is 0 Å². The van der Waals surface area contributed by atoms with Gasteiger partial charge in [0.1, 0.15) is 17.9 Å². The molecule has 1 heterocycles. The summed E-state index contributed by atoms with van der Waals surface area (Å²) in [6.07, 6.45) is 0. The van der Waals surface area contributed by atoms with E-state index < -0.39 is 17.5 Å². The molecule has 31 heavy (non-hydrogen) atoms. The van der Waals surface area contributed by atoms with Gasteiger partial charge in [-0.3, -0.25) is 14.7 Å². The lowest BCUT2D eigenvalue weighted by Crippen LogP contribution is -2.23. The van der Waals surface area contributed by atoms with E-state index >= 15 is 0 Å². The maximum absolute atomic E-state index is 12.5. The molecule has 0 saturated heterocycles. The van der Waals surface area contributed by atoms with E-state index in [9.17, 15) is 24.6 Å². The van der Waals surface area contributed by atoms with Crippen LogP contribution in [0.5, 0.6) is 5.75 Å². The Bertz CT molecular complexity index is 1220. The maximum Gasteiger partial charge on any atom is 0.339 e. The highest BCUT2D eigenvalue weighted by Crippen LogP contribution is 2.34. The molecule has 0 fully saturated rings. The number of aromatic hydroxyl groups is 1. The summed E-state index contributed by atoms with van der Waals surface area (Å²) in [5.74, 6) is -2.14. The van der Waals surface area contributed by atoms with E-state index in [1.165, 1.54) is 12.1 Å². The third kappa shape index (κ3) is 4.69. The zero-order valence-corrected chi connectivity index (χ0v) is 16.8. The number of rotatable bonds is 7. The Kier molecular flexibility index (Phi) is 6.29. The number of phenols is 1. The number of esters is 1. The van der Waals surface area contributed by atoms with Gasteiger partial charge in [-0.25, -0.2) is 9.48 Å². The molecule has 0 bridgehead atoms. The molecule has 0 radical (unpaired) electrons. The van der Waals surface area contributed by atoms with Crippen LogP contribution in [0.4, 0.5) is 11.4 Å². The smallest absolute Gasteiger partial charge is 0.339 e. The molecule has 0 aliphatic carbocycles. The van der Waals surface area contributed by atoms with Gasteiger partial charge < -0.3 is 14.9 Å². The minimum absolute atomic E-state index is 0.0467. The number of aromatic nitrogens is 2. The Morgan fingerprint density at radius 3 is 2.61 bits per heavy atom. The Morgan fingerprint density at radius 1 is 1.16 bits per heavy atom. The van der Waals surface area contributed by atoms with Crippen molar-refractivity contribution < 1.29 is 24.5 Å². The first-order valence-corrected chi connectivity index (χ1v) is 9.34. The fourth-order valence-electron chi connectivity index (χ4n) is 2.95. The summed E-state index contributed by atoms with van der Waals surface area (Å²) in [6.45, 7) is 3.24. The number of hydrogen-bond acceptors (Lipinski definition) is 7. The summed E-state index contributed by atoms with van der Waals surface area (Å²) in [5.41, 5.74) is 0.988. The number of carboxylic acids is 1. The maximum atomic E-state index is 12.5. The van der Waals surface area contributed by atoms with Crippen molar-refractivity contribution in [2.45, 2.75) is 20.4 Å². The van der Waals surface area contributed by atoms with Gasteiger partial charge in [-0.05, 0) is 37.6 Å². The summed E-state index contributed by atoms with van der Waals surface area (Å²) >= 11 is 0. The highest BCUT2D eigenvalue weighted by atomic mass is 16.5. The van der Waals surface area contributed by atoms with E-state index in [0.717, 1.165) is 4.68 Å². The van der Waals surface area contributed by atoms with Gasteiger partial charge in [0.05, 0.1) is 18.0 Å². The molecule has 1 aromatic heterocycles. The van der Waals surface area contributed by atoms with Gasteiger partial charge in [-0.2, -0.15) is 5.11 Å². The minimum atomic E-state index is -1.24. The van der Waals surface area contributed by atoms with Crippen LogP contribution in [0.3, 0.4) is 0 Å². The van der Waals surface area contributed by atoms with Gasteiger partial charge in [-0.1, -0.05) is 24.3 Å². The lowest BCUT2D eigenvalue weighted by Gasteiger charge is -2.07. The molecule has 3 aromatic rings. The number of carboxylic acid groups (broad SMARTS) is 1. The Morgan fingerprint density at radius 2 is 1.90 bits per heavy atom. The number of aryl methyl sites for hydroxylation is 1. The second kappa shape index (κ2) is 9.08. The number of H-pyrrole nitrogens is 1. The molecule has 3 N–H and O–H groups in total. The van der Waals surface area contributed by atoms with Crippen molar-refractivity contribution in [1.82, 2.24) is 9.78 Å². The average Bonchev–Trinajstić information content (AvgIpc) is 2.99. The number of aromatic amines is 1. The first-order valence-electron chi connectivity index (χ1n) is 9.34. The fourth-order valence-corrected chi connectivity index (χ4v) is 2.95. The van der Waals surface area contributed by atoms with E-state index in [1.807, 2.05) is 0 Å². The third-order valence-corrected chi connectivity index (χ3v) is 4.39. The molecule has 10 nitrogen and oxygen atoms in total. The van der Waals surface area contributed by atoms with Crippen LogP contribution in [0.15, 0.2) is 57.5 Å². The monoisotopic (exact) mass is 424 g/mol. The molecule has 160 valence electrons. The molecule has 10 heteroatoms. The van der Waals surface area contributed by atoms with E-state index in [-0.39, 0.29) is 30.2 Å². The molecular weight excluding hydrogens is 404 g/mol. The molecule has 3 rings (SSSR count). The highest BCUT2D eigenvalue weighted by Gasteiger charge is 2.15. The molecule has 0 aliphatic heterocycles. The summed E-state index contributed by atoms with van der Waals surface area (Å²) in [6, 6.07) is 11.0. The molecule has 2 aromatic carbocycles. The van der Waals surface area contributed by atoms with Gasteiger partial charge in [-0.15, -0.1) is 5.11 Å². The summed E-state index contributed by atoms with van der Waals surface area (Å²) in [5, 5.41) is 30.3. The van der Waals surface area contributed by atoms with Crippen molar-refractivity contribution in [3.8, 4) is 16.9 Å². The largest absolute Gasteiger partial charge is 0.506 e. The molecule has 0 aliphatic rings. The fraction of sp³-hybridized carbons (Fsp3) is 0.190. The van der Waals surface area contributed by atoms with Crippen molar-refractivity contribution in [1.29, 1.82) is 0 Å². The number of nitrogens with one attached hydrogen (secondary N) is 1. The quantitative estimate of drug-likeness (QED) is 0.390. The van der Waals surface area contributed by atoms with Crippen molar-refractivity contribution in [3.63, 3.8) is 0 Å². The normalized spacial score (nSPS) is 11.0. The Balaban J connectivity index is 1.90. The van der Waals surface area contributed by atoms with Gasteiger partial charge in [0.15, 0.2) is 5.69 Å². The van der Waals surface area contributed by atoms with Crippen molar-refractivity contribution >= 4 is 23.3 Å². The number of carbonyl (C=O) groups is 2. The van der Waals surface area contributed by atoms with E-state index in [4.69, 9.17) is 4.74 Å². The van der Waals surface area contributed by atoms with Gasteiger partial charge >= 0.3 is 11.9 Å². The topological polar surface area (TPSA) is 146 Å². The summed E-state index contributed by atoms with van der Waals surface area (Å²) < 4.78 is 5.93. The van der Waals surface area contributed by atoms with E-state index in [0.29, 0.717) is 22.5 Å². The number of hydrogen-bond donors (Lipinski definition) is 3. The van der Waals surface area contributed by atoms with Crippen LogP contribution in [0.1, 0.15) is 23.0 Å². The lowest BCUT2D eigenvalue weighted by molar-refractivity contribution is -0.144. The van der Waals surface area contributed by atoms with Crippen molar-refractivity contribution in [3.05, 3.63) is 64.1 Å². The minimum Gasteiger partial charge on any atom is -0.506 e. The van der Waals surface area contributed by atoms with Crippen LogP contribution < -0.4 is 5.56 Å². The number of azo groups is 1. The highest BCUT2D eigenvalue weighted by molar-refractivity contribution is 5.94. The van der Waals surface area contributed by atoms with Crippen LogP contribution in [0.2, 0.25) is 0 Å². The average molecular weight is 424 g/mol. The molecule has 0 atom stereocenters. The molecule has 0 amide bonds. The predicted octanol–water partition coefficient (Wildman–Crippen LogP) is 3.53. The SMILES string of the molecule is CCOC(=O)Cn1[nH]c(C)c(N=Nc2cccc(-c3cccc(C(=O)O)c3O)c2)c1=O. The van der Waals surface area contributed by atoms with Crippen LogP contribution in [-0.2, 0) is 16.1 Å². The van der Waals surface area contributed by atoms with Crippen LogP contribution in [-0.4, -0.2) is 38.5 Å². The zero-order valence-electron chi connectivity index (χ0n) is 16.8. The molecule has 0 spiro atoms. The Labute approximate surface area is 176 Å². The second-order valence-electron chi connectivity index (χ2n) is 6.54. The molecule has 0 saturated carbocycles. The number of benzene rings is 2. The predicted molar refractivity (Wildman–Crippen MR) is 111 cm³/mol. The molecule has 0 unspecified atom stereocenters. The van der Waals surface area contributed by atoms with Crippen LogP contribution in [0, 0.1) is 6.92 Å². The Hall–Kier alpha value is -4.21. The third-order valence-electron chi connectivity index (χ3n) is 4.39. The number of nitrogens with zero attached hydrogens (tertiary/aromatic N) is 3. The number of ether oxygens (including phenoxy) is 1. The van der Waals surface area contributed by atoms with Crippen LogP contribution >= 0.6 is 0 Å². The van der Waals surface area contributed by atoms with E-state index in [1.54, 1.807) is 44.2 Å². The van der Waals surface area contributed by atoms with E-state index in [2.05, 4.69) is 15.3 Å². The summed E-state index contributed by atoms with van der Waals surface area (Å²) in [4.78, 5) is 35.3. The van der Waals surface area contributed by atoms with Crippen LogP contribution in [0.25, 0.3) is 11.1 Å². The number of para-hydroxylation sites is 1. The number of aromatic carboxylic acids is 1.